The van der Waals surface area contributed by atoms with Crippen LogP contribution < -0.4 is 0 Å². The average Bonchev–Trinajstić information content (AvgIpc) is 2.58. The fourth-order valence-electron chi connectivity index (χ4n) is 2.19. The first-order chi connectivity index (χ1) is 7.89. The third-order valence-corrected chi connectivity index (χ3v) is 3.26. The topological polar surface area (TPSA) is 4.93 Å². The molecule has 0 bridgehead atoms. The quantitative estimate of drug-likeness (QED) is 0.681. The Morgan fingerprint density at radius 3 is 1.65 bits per heavy atom. The lowest BCUT2D eigenvalue weighted by Gasteiger charge is -2.19. The molecule has 1 aromatic carbocycles. The maximum Gasteiger partial charge on any atom is 0.0455 e. The number of hydrogen-bond donors (Lipinski definition) is 0. The minimum Gasteiger partial charge on any atom is -0.319 e. The van der Waals surface area contributed by atoms with Gasteiger partial charge in [0.25, 0.3) is 0 Å². The summed E-state index contributed by atoms with van der Waals surface area (Å²) in [5, 5.41) is 0. The van der Waals surface area contributed by atoms with Crippen molar-refractivity contribution < 1.29 is 0 Å². The highest BCUT2D eigenvalue weighted by molar-refractivity contribution is 5.40. The van der Waals surface area contributed by atoms with Crippen molar-refractivity contribution in [2.75, 3.05) is 0 Å². The normalized spacial score (nSPS) is 11.8. The summed E-state index contributed by atoms with van der Waals surface area (Å²) in [6.07, 6.45) is 0. The minimum atomic E-state index is 0.222. The van der Waals surface area contributed by atoms with Gasteiger partial charge in [0, 0.05) is 17.1 Å². The summed E-state index contributed by atoms with van der Waals surface area (Å²) in [6.45, 7) is 11.0. The van der Waals surface area contributed by atoms with Gasteiger partial charge in [0.05, 0.1) is 0 Å². The van der Waals surface area contributed by atoms with E-state index in [4.69, 9.17) is 0 Å². The van der Waals surface area contributed by atoms with Crippen molar-refractivity contribution in [3.8, 4) is 5.69 Å². The zero-order valence-corrected chi connectivity index (χ0v) is 11.4. The van der Waals surface area contributed by atoms with E-state index in [0.717, 1.165) is 0 Å². The first kappa shape index (κ1) is 12.0. The van der Waals surface area contributed by atoms with Crippen LogP contribution in [0.15, 0.2) is 36.4 Å². The van der Waals surface area contributed by atoms with Crippen molar-refractivity contribution in [3.63, 3.8) is 0 Å². The van der Waals surface area contributed by atoms with Crippen LogP contribution in [0.25, 0.3) is 5.69 Å². The molecule has 1 heterocycles. The van der Waals surface area contributed by atoms with E-state index in [1.54, 1.807) is 0 Å². The predicted molar refractivity (Wildman–Crippen MR) is 73.9 cm³/mol. The Balaban J connectivity index is 2.43. The van der Waals surface area contributed by atoms with E-state index < -0.39 is 0 Å². The fourth-order valence-corrected chi connectivity index (χ4v) is 2.19. The van der Waals surface area contributed by atoms with Crippen molar-refractivity contribution in [2.45, 2.75) is 40.0 Å². The van der Waals surface area contributed by atoms with Gasteiger partial charge in [-0.1, -0.05) is 32.9 Å². The molecule has 1 aromatic heterocycles. The zero-order chi connectivity index (χ0) is 12.6. The maximum absolute atomic E-state index is 2.28. The van der Waals surface area contributed by atoms with Crippen LogP contribution in [-0.4, -0.2) is 4.57 Å². The Hall–Kier alpha value is -1.50. The molecule has 0 saturated carbocycles. The van der Waals surface area contributed by atoms with E-state index in [2.05, 4.69) is 75.6 Å². The van der Waals surface area contributed by atoms with E-state index in [9.17, 15) is 0 Å². The van der Waals surface area contributed by atoms with Crippen molar-refractivity contribution in [1.82, 2.24) is 4.57 Å². The molecule has 17 heavy (non-hydrogen) atoms. The van der Waals surface area contributed by atoms with Crippen LogP contribution in [0.4, 0.5) is 0 Å². The van der Waals surface area contributed by atoms with Gasteiger partial charge in [-0.3, -0.25) is 0 Å². The van der Waals surface area contributed by atoms with Gasteiger partial charge < -0.3 is 4.57 Å². The largest absolute Gasteiger partial charge is 0.319 e. The van der Waals surface area contributed by atoms with E-state index in [0.29, 0.717) is 0 Å². The van der Waals surface area contributed by atoms with Gasteiger partial charge in [0.2, 0.25) is 0 Å². The van der Waals surface area contributed by atoms with Crippen molar-refractivity contribution in [1.29, 1.82) is 0 Å². The fraction of sp³-hybridized carbons (Fsp3) is 0.375. The van der Waals surface area contributed by atoms with Crippen LogP contribution in [0.2, 0.25) is 0 Å². The molecule has 0 N–H and O–H groups in total. The summed E-state index contributed by atoms with van der Waals surface area (Å²) in [6, 6.07) is 13.2. The summed E-state index contributed by atoms with van der Waals surface area (Å²) in [5.74, 6) is 0. The Labute approximate surface area is 104 Å². The first-order valence-corrected chi connectivity index (χ1v) is 6.15. The third-order valence-electron chi connectivity index (χ3n) is 3.26. The molecule has 2 aromatic rings. The highest BCUT2D eigenvalue weighted by Gasteiger charge is 2.13. The minimum absolute atomic E-state index is 0.222. The smallest absolute Gasteiger partial charge is 0.0455 e. The predicted octanol–water partition coefficient (Wildman–Crippen LogP) is 4.39. The Kier molecular flexibility index (Phi) is 2.86. The standard InChI is InChI=1S/C16H21N/c1-12-6-7-13(2)17(12)15-10-8-14(9-11-15)16(3,4)5/h6-11H,1-5H3. The second-order valence-corrected chi connectivity index (χ2v) is 5.75. The lowest BCUT2D eigenvalue weighted by molar-refractivity contribution is 0.590. The van der Waals surface area contributed by atoms with E-state index in [1.165, 1.54) is 22.6 Å². The molecule has 0 aliphatic heterocycles. The lowest BCUT2D eigenvalue weighted by Crippen LogP contribution is -2.11. The number of aryl methyl sites for hydroxylation is 2. The molecule has 0 aliphatic rings. The number of hydrogen-bond acceptors (Lipinski definition) is 0. The molecular weight excluding hydrogens is 206 g/mol. The number of rotatable bonds is 1. The van der Waals surface area contributed by atoms with Crippen LogP contribution in [0.5, 0.6) is 0 Å². The summed E-state index contributed by atoms with van der Waals surface area (Å²) in [4.78, 5) is 0. The van der Waals surface area contributed by atoms with Gasteiger partial charge >= 0.3 is 0 Å². The van der Waals surface area contributed by atoms with Gasteiger partial charge in [-0.05, 0) is 49.1 Å². The monoisotopic (exact) mass is 227 g/mol. The van der Waals surface area contributed by atoms with Crippen molar-refractivity contribution in [3.05, 3.63) is 53.3 Å². The van der Waals surface area contributed by atoms with E-state index in [1.807, 2.05) is 0 Å². The first-order valence-electron chi connectivity index (χ1n) is 6.15. The molecule has 0 fully saturated rings. The SMILES string of the molecule is Cc1ccc(C)n1-c1ccc(C(C)(C)C)cc1. The lowest BCUT2D eigenvalue weighted by atomic mass is 9.87. The Morgan fingerprint density at radius 2 is 1.24 bits per heavy atom. The van der Waals surface area contributed by atoms with E-state index >= 15 is 0 Å². The molecular formula is C16H21N. The van der Waals surface area contributed by atoms with Gasteiger partial charge in [-0.2, -0.15) is 0 Å². The van der Waals surface area contributed by atoms with Crippen molar-refractivity contribution in [2.24, 2.45) is 0 Å². The molecule has 90 valence electrons. The molecule has 0 amide bonds. The molecule has 0 spiro atoms. The number of benzene rings is 1. The summed E-state index contributed by atoms with van der Waals surface area (Å²) < 4.78 is 2.28. The zero-order valence-electron chi connectivity index (χ0n) is 11.4. The molecule has 0 saturated heterocycles. The Bertz CT molecular complexity index is 490. The molecule has 1 heteroatoms. The van der Waals surface area contributed by atoms with Crippen molar-refractivity contribution >= 4 is 0 Å². The van der Waals surface area contributed by atoms with Gasteiger partial charge in [-0.25, -0.2) is 0 Å². The molecule has 0 radical (unpaired) electrons. The summed E-state index contributed by atoms with van der Waals surface area (Å²) >= 11 is 0. The molecule has 2 rings (SSSR count). The summed E-state index contributed by atoms with van der Waals surface area (Å²) in [7, 11) is 0. The van der Waals surface area contributed by atoms with Gasteiger partial charge in [0.15, 0.2) is 0 Å². The number of aromatic nitrogens is 1. The average molecular weight is 227 g/mol. The highest BCUT2D eigenvalue weighted by Crippen LogP contribution is 2.24. The third kappa shape index (κ3) is 2.28. The maximum atomic E-state index is 2.28. The van der Waals surface area contributed by atoms with Crippen LogP contribution in [0.3, 0.4) is 0 Å². The molecule has 0 unspecified atom stereocenters. The van der Waals surface area contributed by atoms with E-state index in [-0.39, 0.29) is 5.41 Å². The summed E-state index contributed by atoms with van der Waals surface area (Å²) in [5.41, 5.74) is 5.41. The molecule has 0 atom stereocenters. The second-order valence-electron chi connectivity index (χ2n) is 5.75. The molecule has 0 aliphatic carbocycles. The van der Waals surface area contributed by atoms with Crippen LogP contribution >= 0.6 is 0 Å². The van der Waals surface area contributed by atoms with Crippen LogP contribution in [0, 0.1) is 13.8 Å². The highest BCUT2D eigenvalue weighted by atomic mass is 15.0. The number of nitrogens with zero attached hydrogens (tertiary/aromatic N) is 1. The second kappa shape index (κ2) is 4.06. The van der Waals surface area contributed by atoms with Gasteiger partial charge in [-0.15, -0.1) is 0 Å². The van der Waals surface area contributed by atoms with Crippen LogP contribution in [-0.2, 0) is 5.41 Å². The Morgan fingerprint density at radius 1 is 0.765 bits per heavy atom. The van der Waals surface area contributed by atoms with Gasteiger partial charge in [0.1, 0.15) is 0 Å². The van der Waals surface area contributed by atoms with Crippen LogP contribution in [0.1, 0.15) is 37.7 Å². The molecule has 1 nitrogen and oxygen atoms in total.